The standard InChI is InChI=1S/C9H22O2Si/c1-4-7-9(11-12,8-5-2)10-6-3/h4-8H2,1-3,12H3. The fourth-order valence-corrected chi connectivity index (χ4v) is 2.08. The molecule has 0 radical (unpaired) electrons. The molecule has 0 aromatic heterocycles. The zero-order valence-electron chi connectivity index (χ0n) is 8.85. The number of hydrogen-bond acceptors (Lipinski definition) is 2. The summed E-state index contributed by atoms with van der Waals surface area (Å²) in [5.41, 5.74) is 0. The van der Waals surface area contributed by atoms with Gasteiger partial charge in [0.05, 0.1) is 0 Å². The van der Waals surface area contributed by atoms with E-state index in [1.54, 1.807) is 0 Å². The first-order valence-corrected chi connectivity index (χ1v) is 5.75. The molecule has 12 heavy (non-hydrogen) atoms. The highest BCUT2D eigenvalue weighted by molar-refractivity contribution is 5.98. The van der Waals surface area contributed by atoms with Crippen LogP contribution < -0.4 is 0 Å². The van der Waals surface area contributed by atoms with Crippen molar-refractivity contribution in [3.63, 3.8) is 0 Å². The summed E-state index contributed by atoms with van der Waals surface area (Å²) in [6, 6.07) is 0. The maximum Gasteiger partial charge on any atom is 0.157 e. The molecule has 0 aliphatic heterocycles. The van der Waals surface area contributed by atoms with Gasteiger partial charge >= 0.3 is 0 Å². The van der Waals surface area contributed by atoms with Crippen molar-refractivity contribution in [3.05, 3.63) is 0 Å². The van der Waals surface area contributed by atoms with Crippen LogP contribution in [0, 0.1) is 0 Å². The third-order valence-corrected chi connectivity index (χ3v) is 2.79. The minimum atomic E-state index is -0.246. The molecule has 0 bridgehead atoms. The maximum absolute atomic E-state index is 5.67. The van der Waals surface area contributed by atoms with E-state index < -0.39 is 0 Å². The van der Waals surface area contributed by atoms with Gasteiger partial charge in [-0.15, -0.1) is 0 Å². The van der Waals surface area contributed by atoms with Crippen molar-refractivity contribution in [2.75, 3.05) is 6.61 Å². The summed E-state index contributed by atoms with van der Waals surface area (Å²) in [6.45, 7) is 7.12. The van der Waals surface area contributed by atoms with E-state index in [2.05, 4.69) is 13.8 Å². The van der Waals surface area contributed by atoms with Crippen LogP contribution in [0.1, 0.15) is 46.5 Å². The van der Waals surface area contributed by atoms with Gasteiger partial charge < -0.3 is 9.16 Å². The molecule has 0 heterocycles. The molecular weight excluding hydrogens is 168 g/mol. The smallest absolute Gasteiger partial charge is 0.157 e. The minimum absolute atomic E-state index is 0.246. The molecule has 0 fully saturated rings. The van der Waals surface area contributed by atoms with Gasteiger partial charge in [0.15, 0.2) is 5.79 Å². The molecule has 0 aromatic carbocycles. The Morgan fingerprint density at radius 3 is 1.83 bits per heavy atom. The van der Waals surface area contributed by atoms with E-state index >= 15 is 0 Å². The first-order valence-electron chi connectivity index (χ1n) is 4.93. The van der Waals surface area contributed by atoms with Crippen molar-refractivity contribution < 1.29 is 9.16 Å². The largest absolute Gasteiger partial charge is 0.401 e. The molecule has 0 aliphatic rings. The Balaban J connectivity index is 4.06. The summed E-state index contributed by atoms with van der Waals surface area (Å²) in [5, 5.41) is 0. The fraction of sp³-hybridized carbons (Fsp3) is 1.00. The normalized spacial score (nSPS) is 12.2. The van der Waals surface area contributed by atoms with Crippen LogP contribution in [0.15, 0.2) is 0 Å². The zero-order valence-corrected chi connectivity index (χ0v) is 10.9. The molecule has 0 aliphatic carbocycles. The third kappa shape index (κ3) is 3.69. The molecule has 0 amide bonds. The Morgan fingerprint density at radius 1 is 1.08 bits per heavy atom. The van der Waals surface area contributed by atoms with Crippen LogP contribution in [0.2, 0.25) is 0 Å². The second-order valence-corrected chi connectivity index (χ2v) is 3.46. The summed E-state index contributed by atoms with van der Waals surface area (Å²) < 4.78 is 11.2. The highest BCUT2D eigenvalue weighted by atomic mass is 28.2. The zero-order chi connectivity index (χ0) is 9.45. The van der Waals surface area contributed by atoms with E-state index in [9.17, 15) is 0 Å². The van der Waals surface area contributed by atoms with Gasteiger partial charge in [-0.25, -0.2) is 0 Å². The topological polar surface area (TPSA) is 18.5 Å². The lowest BCUT2D eigenvalue weighted by atomic mass is 10.1. The van der Waals surface area contributed by atoms with Crippen molar-refractivity contribution in [2.45, 2.75) is 52.2 Å². The molecule has 2 nitrogen and oxygen atoms in total. The average molecular weight is 190 g/mol. The quantitative estimate of drug-likeness (QED) is 0.448. The summed E-state index contributed by atoms with van der Waals surface area (Å²) in [5.74, 6) is -0.246. The maximum atomic E-state index is 5.67. The van der Waals surface area contributed by atoms with Crippen LogP contribution in [0.25, 0.3) is 0 Å². The van der Waals surface area contributed by atoms with Crippen molar-refractivity contribution in [3.8, 4) is 0 Å². The van der Waals surface area contributed by atoms with Crippen molar-refractivity contribution in [1.29, 1.82) is 0 Å². The van der Waals surface area contributed by atoms with Gasteiger partial charge in [-0.1, -0.05) is 26.7 Å². The first kappa shape index (κ1) is 12.1. The second kappa shape index (κ2) is 6.63. The van der Waals surface area contributed by atoms with E-state index in [-0.39, 0.29) is 5.79 Å². The predicted octanol–water partition coefficient (Wildman–Crippen LogP) is 1.62. The van der Waals surface area contributed by atoms with Gasteiger partial charge in [0.1, 0.15) is 10.5 Å². The van der Waals surface area contributed by atoms with Crippen LogP contribution in [0.5, 0.6) is 0 Å². The van der Waals surface area contributed by atoms with E-state index in [1.165, 1.54) is 0 Å². The van der Waals surface area contributed by atoms with E-state index in [0.29, 0.717) is 0 Å². The number of hydrogen-bond donors (Lipinski definition) is 0. The van der Waals surface area contributed by atoms with Gasteiger partial charge in [-0.05, 0) is 6.92 Å². The SMILES string of the molecule is CCCC(CCC)(O[SiH3])OCC. The Morgan fingerprint density at radius 2 is 1.58 bits per heavy atom. The monoisotopic (exact) mass is 190 g/mol. The lowest BCUT2D eigenvalue weighted by Crippen LogP contribution is -2.35. The van der Waals surface area contributed by atoms with Gasteiger partial charge in [0.2, 0.25) is 0 Å². The molecule has 0 unspecified atom stereocenters. The Hall–Kier alpha value is 0.137. The predicted molar refractivity (Wildman–Crippen MR) is 55.2 cm³/mol. The van der Waals surface area contributed by atoms with Crippen molar-refractivity contribution in [1.82, 2.24) is 0 Å². The second-order valence-electron chi connectivity index (χ2n) is 3.05. The Labute approximate surface area is 79.2 Å². The van der Waals surface area contributed by atoms with E-state index in [0.717, 1.165) is 42.8 Å². The van der Waals surface area contributed by atoms with Crippen LogP contribution >= 0.6 is 0 Å². The highest BCUT2D eigenvalue weighted by Gasteiger charge is 2.27. The molecule has 3 heteroatoms. The lowest BCUT2D eigenvalue weighted by molar-refractivity contribution is -0.187. The van der Waals surface area contributed by atoms with E-state index in [4.69, 9.17) is 9.16 Å². The molecule has 0 saturated carbocycles. The molecule has 0 spiro atoms. The number of ether oxygens (including phenoxy) is 1. The van der Waals surface area contributed by atoms with Crippen molar-refractivity contribution >= 4 is 10.5 Å². The highest BCUT2D eigenvalue weighted by Crippen LogP contribution is 2.24. The van der Waals surface area contributed by atoms with Gasteiger partial charge in [0.25, 0.3) is 0 Å². The third-order valence-electron chi connectivity index (χ3n) is 2.04. The average Bonchev–Trinajstić information content (AvgIpc) is 2.06. The lowest BCUT2D eigenvalue weighted by Gasteiger charge is -2.32. The molecule has 0 aromatic rings. The summed E-state index contributed by atoms with van der Waals surface area (Å²) in [7, 11) is 0.764. The van der Waals surface area contributed by atoms with Gasteiger partial charge in [-0.2, -0.15) is 0 Å². The van der Waals surface area contributed by atoms with Crippen LogP contribution in [0.4, 0.5) is 0 Å². The molecular formula is C9H22O2Si. The minimum Gasteiger partial charge on any atom is -0.401 e. The molecule has 0 saturated heterocycles. The van der Waals surface area contributed by atoms with E-state index in [1.807, 2.05) is 6.92 Å². The Kier molecular flexibility index (Phi) is 6.71. The van der Waals surface area contributed by atoms with Gasteiger partial charge in [0, 0.05) is 19.4 Å². The summed E-state index contributed by atoms with van der Waals surface area (Å²) in [6.07, 6.45) is 4.31. The Bertz CT molecular complexity index is 89.7. The summed E-state index contributed by atoms with van der Waals surface area (Å²) in [4.78, 5) is 0. The first-order chi connectivity index (χ1) is 5.74. The van der Waals surface area contributed by atoms with Crippen molar-refractivity contribution in [2.24, 2.45) is 0 Å². The molecule has 74 valence electrons. The van der Waals surface area contributed by atoms with Crippen LogP contribution in [-0.4, -0.2) is 22.9 Å². The fourth-order valence-electron chi connectivity index (χ4n) is 1.56. The number of rotatable bonds is 7. The summed E-state index contributed by atoms with van der Waals surface area (Å²) >= 11 is 0. The van der Waals surface area contributed by atoms with Crippen LogP contribution in [0.3, 0.4) is 0 Å². The van der Waals surface area contributed by atoms with Gasteiger partial charge in [-0.3, -0.25) is 0 Å². The molecule has 0 atom stereocenters. The molecule has 0 N–H and O–H groups in total. The van der Waals surface area contributed by atoms with Crippen LogP contribution in [-0.2, 0) is 9.16 Å². The molecule has 0 rings (SSSR count).